The molecule has 29 heavy (non-hydrogen) atoms. The van der Waals surface area contributed by atoms with Crippen LogP contribution in [0.2, 0.25) is 0 Å². The number of hydrogen-bond donors (Lipinski definition) is 2. The highest BCUT2D eigenvalue weighted by molar-refractivity contribution is 5.80. The Kier molecular flexibility index (Phi) is 8.42. The van der Waals surface area contributed by atoms with Crippen molar-refractivity contribution in [1.82, 2.24) is 0 Å². The van der Waals surface area contributed by atoms with Crippen molar-refractivity contribution in [3.8, 4) is 0 Å². The second-order valence-corrected chi connectivity index (χ2v) is 8.24. The van der Waals surface area contributed by atoms with Crippen molar-refractivity contribution < 1.29 is 19.7 Å². The summed E-state index contributed by atoms with van der Waals surface area (Å²) in [5.74, 6) is -0.822. The lowest BCUT2D eigenvalue weighted by Crippen LogP contribution is -2.32. The number of aliphatic hydroxyl groups excluding tert-OH is 1. The smallest absolute Gasteiger partial charge is 0.313 e. The number of carbonyl (C=O) groups is 1. The van der Waals surface area contributed by atoms with E-state index < -0.39 is 17.5 Å². The van der Waals surface area contributed by atoms with Gasteiger partial charge in [-0.25, -0.2) is 0 Å². The van der Waals surface area contributed by atoms with Crippen LogP contribution in [0.4, 0.5) is 0 Å². The van der Waals surface area contributed by atoms with Gasteiger partial charge in [0.1, 0.15) is 0 Å². The maximum atomic E-state index is 11.9. The van der Waals surface area contributed by atoms with E-state index in [2.05, 4.69) is 19.1 Å². The van der Waals surface area contributed by atoms with Gasteiger partial charge < -0.3 is 14.9 Å². The van der Waals surface area contributed by atoms with Crippen LogP contribution in [0.15, 0.2) is 60.7 Å². The Morgan fingerprint density at radius 1 is 0.897 bits per heavy atom. The Bertz CT molecular complexity index is 746. The van der Waals surface area contributed by atoms with E-state index in [1.165, 1.54) is 0 Å². The second-order valence-electron chi connectivity index (χ2n) is 8.24. The Hall–Kier alpha value is -2.17. The van der Waals surface area contributed by atoms with Crippen LogP contribution in [0, 0.1) is 0 Å². The van der Waals surface area contributed by atoms with E-state index >= 15 is 0 Å². The van der Waals surface area contributed by atoms with E-state index in [4.69, 9.17) is 4.74 Å². The molecule has 0 aliphatic heterocycles. The van der Waals surface area contributed by atoms with Gasteiger partial charge in [0.05, 0.1) is 17.1 Å². The number of carboxylic acid groups (broad SMARTS) is 1. The van der Waals surface area contributed by atoms with Gasteiger partial charge in [-0.3, -0.25) is 4.79 Å². The molecule has 4 heteroatoms. The van der Waals surface area contributed by atoms with Gasteiger partial charge in [-0.05, 0) is 63.5 Å². The molecule has 2 aromatic rings. The van der Waals surface area contributed by atoms with Gasteiger partial charge in [-0.2, -0.15) is 0 Å². The first-order valence-electron chi connectivity index (χ1n) is 10.4. The highest BCUT2D eigenvalue weighted by Gasteiger charge is 2.34. The first-order chi connectivity index (χ1) is 13.8. The molecule has 0 aliphatic carbocycles. The number of hydrogen-bond acceptors (Lipinski definition) is 3. The minimum atomic E-state index is -0.928. The normalized spacial score (nSPS) is 16.6. The Labute approximate surface area is 174 Å². The lowest BCUT2D eigenvalue weighted by Gasteiger charge is -2.29. The van der Waals surface area contributed by atoms with Gasteiger partial charge in [-0.15, -0.1) is 0 Å². The average molecular weight is 399 g/mol. The fourth-order valence-corrected chi connectivity index (χ4v) is 3.85. The molecular weight excluding hydrogens is 364 g/mol. The summed E-state index contributed by atoms with van der Waals surface area (Å²) < 4.78 is 5.76. The standard InChI is InChI=1S/C25H34O4/c1-24(23(27)28,20-12-6-4-7-13-20)18-10-16-22(26)17-11-19-25(2,29-3)21-14-8-5-9-15-21/h4-9,12-15,22,26H,10-11,16-19H2,1-3H3,(H,27,28). The van der Waals surface area contributed by atoms with Crippen molar-refractivity contribution in [2.24, 2.45) is 0 Å². The lowest BCUT2D eigenvalue weighted by atomic mass is 9.78. The molecule has 2 N–H and O–H groups in total. The zero-order valence-corrected chi connectivity index (χ0v) is 17.8. The monoisotopic (exact) mass is 398 g/mol. The third-order valence-corrected chi connectivity index (χ3v) is 6.12. The van der Waals surface area contributed by atoms with E-state index in [1.54, 1.807) is 14.0 Å². The molecule has 0 heterocycles. The predicted molar refractivity (Wildman–Crippen MR) is 116 cm³/mol. The summed E-state index contributed by atoms with van der Waals surface area (Å²) in [6.07, 6.45) is 3.69. The van der Waals surface area contributed by atoms with Crippen molar-refractivity contribution >= 4 is 5.97 Å². The molecule has 0 saturated carbocycles. The molecule has 2 aromatic carbocycles. The summed E-state index contributed by atoms with van der Waals surface area (Å²) >= 11 is 0. The fourth-order valence-electron chi connectivity index (χ4n) is 3.85. The van der Waals surface area contributed by atoms with Crippen LogP contribution in [0.5, 0.6) is 0 Å². The molecule has 2 rings (SSSR count). The molecule has 158 valence electrons. The van der Waals surface area contributed by atoms with E-state index in [0.717, 1.165) is 24.0 Å². The second kappa shape index (κ2) is 10.6. The number of benzene rings is 2. The molecule has 3 atom stereocenters. The summed E-state index contributed by atoms with van der Waals surface area (Å²) in [6, 6.07) is 19.5. The molecule has 3 unspecified atom stereocenters. The maximum absolute atomic E-state index is 11.9. The third kappa shape index (κ3) is 6.15. The number of aliphatic hydroxyl groups is 1. The first-order valence-corrected chi connectivity index (χ1v) is 10.4. The first kappa shape index (κ1) is 23.1. The van der Waals surface area contributed by atoms with Crippen LogP contribution in [0.25, 0.3) is 0 Å². The maximum Gasteiger partial charge on any atom is 0.313 e. The van der Waals surface area contributed by atoms with Gasteiger partial charge in [0.25, 0.3) is 0 Å². The van der Waals surface area contributed by atoms with E-state index in [1.807, 2.05) is 48.5 Å². The SMILES string of the molecule is COC(C)(CCCC(O)CCCC(C)(C(=O)O)c1ccccc1)c1ccccc1. The summed E-state index contributed by atoms with van der Waals surface area (Å²) in [5, 5.41) is 20.1. The number of aliphatic carboxylic acids is 1. The largest absolute Gasteiger partial charge is 0.481 e. The zero-order chi connectivity index (χ0) is 21.3. The molecule has 0 bridgehead atoms. The van der Waals surface area contributed by atoms with E-state index in [0.29, 0.717) is 25.7 Å². The third-order valence-electron chi connectivity index (χ3n) is 6.12. The molecule has 0 aliphatic rings. The lowest BCUT2D eigenvalue weighted by molar-refractivity contribution is -0.143. The summed E-state index contributed by atoms with van der Waals surface area (Å²) in [7, 11) is 1.72. The van der Waals surface area contributed by atoms with Crippen molar-refractivity contribution in [3.63, 3.8) is 0 Å². The summed E-state index contributed by atoms with van der Waals surface area (Å²) in [4.78, 5) is 11.9. The molecular formula is C25H34O4. The zero-order valence-electron chi connectivity index (χ0n) is 17.8. The van der Waals surface area contributed by atoms with Crippen LogP contribution < -0.4 is 0 Å². The van der Waals surface area contributed by atoms with Gasteiger partial charge in [0, 0.05) is 7.11 Å². The fraction of sp³-hybridized carbons (Fsp3) is 0.480. The van der Waals surface area contributed by atoms with Gasteiger partial charge in [0.2, 0.25) is 0 Å². The van der Waals surface area contributed by atoms with E-state index in [9.17, 15) is 15.0 Å². The Morgan fingerprint density at radius 2 is 1.38 bits per heavy atom. The molecule has 4 nitrogen and oxygen atoms in total. The number of rotatable bonds is 12. The Balaban J connectivity index is 1.82. The average Bonchev–Trinajstić information content (AvgIpc) is 2.74. The van der Waals surface area contributed by atoms with E-state index in [-0.39, 0.29) is 5.60 Å². The van der Waals surface area contributed by atoms with Crippen LogP contribution >= 0.6 is 0 Å². The van der Waals surface area contributed by atoms with Crippen LogP contribution in [0.3, 0.4) is 0 Å². The number of ether oxygens (including phenoxy) is 1. The molecule has 0 fully saturated rings. The van der Waals surface area contributed by atoms with Crippen LogP contribution in [-0.4, -0.2) is 29.4 Å². The molecule has 0 amide bonds. The quantitative estimate of drug-likeness (QED) is 0.510. The molecule has 0 spiro atoms. The number of methoxy groups -OCH3 is 1. The molecule has 0 aromatic heterocycles. The van der Waals surface area contributed by atoms with Crippen LogP contribution in [0.1, 0.15) is 63.5 Å². The predicted octanol–water partition coefficient (Wildman–Crippen LogP) is 5.29. The van der Waals surface area contributed by atoms with Gasteiger partial charge in [-0.1, -0.05) is 60.7 Å². The summed E-state index contributed by atoms with van der Waals surface area (Å²) in [5.41, 5.74) is 0.650. The van der Waals surface area contributed by atoms with Crippen molar-refractivity contribution in [3.05, 3.63) is 71.8 Å². The van der Waals surface area contributed by atoms with Crippen molar-refractivity contribution in [1.29, 1.82) is 0 Å². The highest BCUT2D eigenvalue weighted by Crippen LogP contribution is 2.32. The van der Waals surface area contributed by atoms with Gasteiger partial charge >= 0.3 is 5.97 Å². The summed E-state index contributed by atoms with van der Waals surface area (Å²) in [6.45, 7) is 3.84. The Morgan fingerprint density at radius 3 is 1.86 bits per heavy atom. The molecule has 0 saturated heterocycles. The number of carboxylic acids is 1. The minimum Gasteiger partial charge on any atom is -0.481 e. The van der Waals surface area contributed by atoms with Gasteiger partial charge in [0.15, 0.2) is 0 Å². The highest BCUT2D eigenvalue weighted by atomic mass is 16.5. The van der Waals surface area contributed by atoms with Crippen molar-refractivity contribution in [2.45, 2.75) is 69.5 Å². The topological polar surface area (TPSA) is 66.8 Å². The molecule has 0 radical (unpaired) electrons. The van der Waals surface area contributed by atoms with Crippen LogP contribution in [-0.2, 0) is 20.5 Å². The van der Waals surface area contributed by atoms with Crippen molar-refractivity contribution in [2.75, 3.05) is 7.11 Å². The minimum absolute atomic E-state index is 0.365.